The zero-order chi connectivity index (χ0) is 15.0. The molecule has 0 saturated carbocycles. The van der Waals surface area contributed by atoms with Crippen molar-refractivity contribution in [1.29, 1.82) is 0 Å². The Morgan fingerprint density at radius 2 is 2.00 bits per heavy atom. The SMILES string of the molecule is CC1CN2CCCCC2CN1C(=O)c1ccc(C(=O)O)s1. The number of nitrogens with zero attached hydrogens (tertiary/aromatic N) is 2. The molecule has 6 heteroatoms. The highest BCUT2D eigenvalue weighted by Crippen LogP contribution is 2.26. The van der Waals surface area contributed by atoms with Crippen molar-refractivity contribution in [3.63, 3.8) is 0 Å². The summed E-state index contributed by atoms with van der Waals surface area (Å²) in [5, 5.41) is 8.98. The fraction of sp³-hybridized carbons (Fsp3) is 0.600. The Hall–Kier alpha value is -1.40. The molecular weight excluding hydrogens is 288 g/mol. The fourth-order valence-corrected chi connectivity index (χ4v) is 4.15. The summed E-state index contributed by atoms with van der Waals surface area (Å²) in [7, 11) is 0. The third kappa shape index (κ3) is 2.82. The molecule has 1 aromatic heterocycles. The van der Waals surface area contributed by atoms with E-state index in [1.165, 1.54) is 18.9 Å². The van der Waals surface area contributed by atoms with Gasteiger partial charge in [-0.2, -0.15) is 0 Å². The Balaban J connectivity index is 1.75. The number of aromatic carboxylic acids is 1. The lowest BCUT2D eigenvalue weighted by atomic mass is 9.97. The highest BCUT2D eigenvalue weighted by atomic mass is 32.1. The molecule has 3 rings (SSSR count). The van der Waals surface area contributed by atoms with Crippen molar-refractivity contribution in [2.24, 2.45) is 0 Å². The van der Waals surface area contributed by atoms with Crippen LogP contribution in [-0.2, 0) is 0 Å². The number of amides is 1. The molecule has 114 valence electrons. The summed E-state index contributed by atoms with van der Waals surface area (Å²) in [4.78, 5) is 28.8. The van der Waals surface area contributed by atoms with Gasteiger partial charge < -0.3 is 10.0 Å². The first-order valence-corrected chi connectivity index (χ1v) is 8.26. The molecule has 3 heterocycles. The molecule has 2 aliphatic rings. The number of rotatable bonds is 2. The van der Waals surface area contributed by atoms with Crippen LogP contribution in [0.5, 0.6) is 0 Å². The number of hydrogen-bond acceptors (Lipinski definition) is 4. The van der Waals surface area contributed by atoms with Gasteiger partial charge in [0.25, 0.3) is 5.91 Å². The van der Waals surface area contributed by atoms with Crippen molar-refractivity contribution in [3.05, 3.63) is 21.9 Å². The number of thiophene rings is 1. The number of carbonyl (C=O) groups excluding carboxylic acids is 1. The van der Waals surface area contributed by atoms with Crippen LogP contribution in [0.4, 0.5) is 0 Å². The third-order valence-corrected chi connectivity index (χ3v) is 5.54. The predicted octanol–water partition coefficient (Wildman–Crippen LogP) is 2.15. The maximum Gasteiger partial charge on any atom is 0.345 e. The minimum atomic E-state index is -0.968. The Labute approximate surface area is 128 Å². The lowest BCUT2D eigenvalue weighted by Crippen LogP contribution is -2.60. The van der Waals surface area contributed by atoms with Crippen molar-refractivity contribution in [2.75, 3.05) is 19.6 Å². The molecule has 2 saturated heterocycles. The Morgan fingerprint density at radius 3 is 2.71 bits per heavy atom. The quantitative estimate of drug-likeness (QED) is 0.909. The number of carboxylic acid groups (broad SMARTS) is 1. The van der Waals surface area contributed by atoms with Crippen molar-refractivity contribution in [1.82, 2.24) is 9.80 Å². The normalized spacial score (nSPS) is 26.4. The van der Waals surface area contributed by atoms with Crippen LogP contribution in [0.3, 0.4) is 0 Å². The van der Waals surface area contributed by atoms with Crippen LogP contribution in [0, 0.1) is 0 Å². The molecule has 1 aromatic rings. The fourth-order valence-electron chi connectivity index (χ4n) is 3.34. The zero-order valence-electron chi connectivity index (χ0n) is 12.1. The van der Waals surface area contributed by atoms with Gasteiger partial charge in [0.2, 0.25) is 0 Å². The molecule has 1 N–H and O–H groups in total. The summed E-state index contributed by atoms with van der Waals surface area (Å²) in [6.45, 7) is 4.90. The predicted molar refractivity (Wildman–Crippen MR) is 81.0 cm³/mol. The number of carbonyl (C=O) groups is 2. The van der Waals surface area contributed by atoms with E-state index < -0.39 is 5.97 Å². The van der Waals surface area contributed by atoms with Crippen LogP contribution in [-0.4, -0.2) is 58.5 Å². The lowest BCUT2D eigenvalue weighted by molar-refractivity contribution is 0.0155. The van der Waals surface area contributed by atoms with Crippen LogP contribution in [0.15, 0.2) is 12.1 Å². The summed E-state index contributed by atoms with van der Waals surface area (Å²) in [6.07, 6.45) is 3.64. The van der Waals surface area contributed by atoms with E-state index in [1.807, 2.05) is 4.90 Å². The third-order valence-electron chi connectivity index (χ3n) is 4.48. The first-order valence-electron chi connectivity index (χ1n) is 7.44. The van der Waals surface area contributed by atoms with Gasteiger partial charge in [-0.05, 0) is 38.4 Å². The van der Waals surface area contributed by atoms with E-state index in [0.717, 1.165) is 37.4 Å². The molecule has 2 unspecified atom stereocenters. The molecule has 2 fully saturated rings. The van der Waals surface area contributed by atoms with Crippen LogP contribution in [0.2, 0.25) is 0 Å². The van der Waals surface area contributed by atoms with Gasteiger partial charge in [0.15, 0.2) is 0 Å². The van der Waals surface area contributed by atoms with Crippen LogP contribution in [0.25, 0.3) is 0 Å². The van der Waals surface area contributed by atoms with E-state index in [-0.39, 0.29) is 16.8 Å². The monoisotopic (exact) mass is 308 g/mol. The summed E-state index contributed by atoms with van der Waals surface area (Å²) in [6, 6.07) is 3.80. The molecule has 0 bridgehead atoms. The lowest BCUT2D eigenvalue weighted by Gasteiger charge is -2.47. The van der Waals surface area contributed by atoms with E-state index in [4.69, 9.17) is 5.11 Å². The van der Waals surface area contributed by atoms with E-state index in [2.05, 4.69) is 11.8 Å². The highest BCUT2D eigenvalue weighted by Gasteiger charge is 2.35. The molecule has 21 heavy (non-hydrogen) atoms. The van der Waals surface area contributed by atoms with Crippen molar-refractivity contribution < 1.29 is 14.7 Å². The minimum absolute atomic E-state index is 0.0229. The molecule has 2 aliphatic heterocycles. The molecule has 0 aromatic carbocycles. The van der Waals surface area contributed by atoms with Crippen molar-refractivity contribution >= 4 is 23.2 Å². The second-order valence-electron chi connectivity index (χ2n) is 5.92. The van der Waals surface area contributed by atoms with E-state index in [9.17, 15) is 9.59 Å². The number of carboxylic acids is 1. The summed E-state index contributed by atoms with van der Waals surface area (Å²) in [5.41, 5.74) is 0. The second-order valence-corrected chi connectivity index (χ2v) is 7.00. The Bertz CT molecular complexity index is 557. The number of fused-ring (bicyclic) bond motifs is 1. The minimum Gasteiger partial charge on any atom is -0.477 e. The number of piperazine rings is 1. The first-order chi connectivity index (χ1) is 10.1. The topological polar surface area (TPSA) is 60.9 Å². The van der Waals surface area contributed by atoms with E-state index >= 15 is 0 Å². The number of piperidine rings is 1. The van der Waals surface area contributed by atoms with Gasteiger partial charge in [0, 0.05) is 25.2 Å². The maximum absolute atomic E-state index is 12.6. The summed E-state index contributed by atoms with van der Waals surface area (Å²) < 4.78 is 0. The molecule has 0 radical (unpaired) electrons. The largest absolute Gasteiger partial charge is 0.477 e. The van der Waals surface area contributed by atoms with Crippen LogP contribution < -0.4 is 0 Å². The van der Waals surface area contributed by atoms with E-state index in [0.29, 0.717) is 10.9 Å². The van der Waals surface area contributed by atoms with Crippen LogP contribution in [0.1, 0.15) is 45.5 Å². The average Bonchev–Trinajstić information content (AvgIpc) is 2.96. The molecule has 0 spiro atoms. The van der Waals surface area contributed by atoms with Gasteiger partial charge in [-0.3, -0.25) is 9.69 Å². The van der Waals surface area contributed by atoms with Crippen LogP contribution >= 0.6 is 11.3 Å². The van der Waals surface area contributed by atoms with Crippen molar-refractivity contribution in [3.8, 4) is 0 Å². The Kier molecular flexibility index (Phi) is 3.99. The average molecular weight is 308 g/mol. The van der Waals surface area contributed by atoms with E-state index in [1.54, 1.807) is 6.07 Å². The zero-order valence-corrected chi connectivity index (χ0v) is 12.9. The molecular formula is C15H20N2O3S. The van der Waals surface area contributed by atoms with Crippen molar-refractivity contribution in [2.45, 2.75) is 38.3 Å². The summed E-state index contributed by atoms with van der Waals surface area (Å²) >= 11 is 1.07. The highest BCUT2D eigenvalue weighted by molar-refractivity contribution is 7.15. The van der Waals surface area contributed by atoms with Gasteiger partial charge in [-0.15, -0.1) is 11.3 Å². The van der Waals surface area contributed by atoms with Gasteiger partial charge in [-0.25, -0.2) is 4.79 Å². The maximum atomic E-state index is 12.6. The molecule has 0 aliphatic carbocycles. The van der Waals surface area contributed by atoms with Gasteiger partial charge in [-0.1, -0.05) is 6.42 Å². The summed E-state index contributed by atoms with van der Waals surface area (Å²) in [5.74, 6) is -0.991. The second kappa shape index (κ2) is 5.77. The van der Waals surface area contributed by atoms with Gasteiger partial charge >= 0.3 is 5.97 Å². The Morgan fingerprint density at radius 1 is 1.24 bits per heavy atom. The smallest absolute Gasteiger partial charge is 0.345 e. The first kappa shape index (κ1) is 14.5. The molecule has 2 atom stereocenters. The number of hydrogen-bond donors (Lipinski definition) is 1. The van der Waals surface area contributed by atoms with Gasteiger partial charge in [0.05, 0.1) is 4.88 Å². The van der Waals surface area contributed by atoms with Gasteiger partial charge in [0.1, 0.15) is 4.88 Å². The standard InChI is InChI=1S/C15H20N2O3S/c1-10-8-16-7-3-2-4-11(16)9-17(10)14(18)12-5-6-13(21-12)15(19)20/h5-6,10-11H,2-4,7-9H2,1H3,(H,19,20). The molecule has 5 nitrogen and oxygen atoms in total. The molecule has 1 amide bonds.